The summed E-state index contributed by atoms with van der Waals surface area (Å²) in [5, 5.41) is 16.9. The third-order valence-electron chi connectivity index (χ3n) is 4.89. The van der Waals surface area contributed by atoms with Crippen molar-refractivity contribution in [2.45, 2.75) is 18.3 Å². The average Bonchev–Trinajstić information content (AvgIpc) is 3.26. The summed E-state index contributed by atoms with van der Waals surface area (Å²) in [5.74, 6) is -3.12. The molecule has 0 aliphatic carbocycles. The van der Waals surface area contributed by atoms with Crippen LogP contribution in [0.25, 0.3) is 6.08 Å². The number of carbonyl (C=O) groups is 4. The van der Waals surface area contributed by atoms with Crippen LogP contribution in [0.3, 0.4) is 0 Å². The first kappa shape index (κ1) is 24.1. The lowest BCUT2D eigenvalue weighted by Crippen LogP contribution is -2.71. The van der Waals surface area contributed by atoms with Gasteiger partial charge in [0.15, 0.2) is 10.8 Å². The first-order valence-electron chi connectivity index (χ1n) is 10.0. The largest absolute Gasteiger partial charge is 0.477 e. The molecule has 4 N–H and O–H groups in total. The number of rotatable bonds is 7. The fourth-order valence-electron chi connectivity index (χ4n) is 3.36. The van der Waals surface area contributed by atoms with Gasteiger partial charge in [0.05, 0.1) is 0 Å². The molecule has 1 fully saturated rings. The van der Waals surface area contributed by atoms with Crippen molar-refractivity contribution in [2.24, 2.45) is 5.16 Å². The summed E-state index contributed by atoms with van der Waals surface area (Å²) in [7, 11) is 0. The number of thiazole rings is 1. The second kappa shape index (κ2) is 10.1. The van der Waals surface area contributed by atoms with E-state index in [0.717, 1.165) is 28.7 Å². The number of thioether (sulfide) groups is 1. The number of fused-ring (bicyclic) bond motifs is 1. The molecule has 2 aliphatic rings. The van der Waals surface area contributed by atoms with Gasteiger partial charge >= 0.3 is 11.9 Å². The zero-order valence-electron chi connectivity index (χ0n) is 18.1. The predicted molar refractivity (Wildman–Crippen MR) is 128 cm³/mol. The van der Waals surface area contributed by atoms with Crippen molar-refractivity contribution in [1.82, 2.24) is 20.2 Å². The number of hydrogen-bond acceptors (Lipinski definition) is 11. The van der Waals surface area contributed by atoms with Gasteiger partial charge in [-0.25, -0.2) is 14.6 Å². The van der Waals surface area contributed by atoms with Gasteiger partial charge in [-0.15, -0.1) is 23.1 Å². The van der Waals surface area contributed by atoms with E-state index in [1.807, 2.05) is 6.07 Å². The highest BCUT2D eigenvalue weighted by atomic mass is 32.2. The number of hydrogen-bond donors (Lipinski definition) is 3. The molecule has 4 rings (SSSR count). The van der Waals surface area contributed by atoms with Crippen molar-refractivity contribution < 1.29 is 29.1 Å². The molecule has 0 aromatic carbocycles. The van der Waals surface area contributed by atoms with Crippen LogP contribution < -0.4 is 11.1 Å². The molecule has 12 nitrogen and oxygen atoms in total. The molecule has 2 amide bonds. The average molecular weight is 515 g/mol. The Kier molecular flexibility index (Phi) is 6.93. The molecule has 0 saturated carbocycles. The molecule has 1 saturated heterocycles. The van der Waals surface area contributed by atoms with E-state index in [2.05, 4.69) is 25.3 Å². The fourth-order valence-corrected chi connectivity index (χ4v) is 5.23. The maximum absolute atomic E-state index is 12.9. The van der Waals surface area contributed by atoms with E-state index >= 15 is 0 Å². The number of aromatic nitrogens is 2. The summed E-state index contributed by atoms with van der Waals surface area (Å²) < 4.78 is 0. The number of anilines is 1. The minimum absolute atomic E-state index is 0.0696. The molecule has 1 unspecified atom stereocenters. The van der Waals surface area contributed by atoms with E-state index in [4.69, 9.17) is 5.73 Å². The number of carbonyl (C=O) groups excluding carboxylic acids is 3. The van der Waals surface area contributed by atoms with Crippen molar-refractivity contribution in [2.75, 3.05) is 11.5 Å². The second-order valence-corrected chi connectivity index (χ2v) is 9.25. The Morgan fingerprint density at radius 2 is 2.17 bits per heavy atom. The summed E-state index contributed by atoms with van der Waals surface area (Å²) in [5.41, 5.74) is 6.43. The summed E-state index contributed by atoms with van der Waals surface area (Å²) in [4.78, 5) is 62.7. The molecule has 180 valence electrons. The first-order chi connectivity index (χ1) is 16.8. The number of nitrogens with two attached hydrogens (primary N) is 1. The lowest BCUT2D eigenvalue weighted by atomic mass is 10.0. The smallest absolute Gasteiger partial charge is 0.352 e. The van der Waals surface area contributed by atoms with Crippen LogP contribution in [0.15, 0.2) is 52.4 Å². The zero-order valence-corrected chi connectivity index (χ0v) is 19.7. The van der Waals surface area contributed by atoms with Gasteiger partial charge in [0.1, 0.15) is 22.8 Å². The van der Waals surface area contributed by atoms with Crippen molar-refractivity contribution >= 4 is 63.8 Å². The highest BCUT2D eigenvalue weighted by Crippen LogP contribution is 2.40. The Hall–Kier alpha value is -4.04. The molecule has 2 aromatic rings. The van der Waals surface area contributed by atoms with Crippen LogP contribution in [0.2, 0.25) is 0 Å². The van der Waals surface area contributed by atoms with Crippen LogP contribution in [0.4, 0.5) is 5.13 Å². The summed E-state index contributed by atoms with van der Waals surface area (Å²) >= 11 is 2.36. The number of β-lactam (4-membered cyclic amide) rings is 1. The Morgan fingerprint density at radius 1 is 1.37 bits per heavy atom. The normalized spacial score (nSPS) is 19.9. The highest BCUT2D eigenvalue weighted by Gasteiger charge is 2.54. The standard InChI is InChI=1S/C21H18N6O6S2/c1-10(28)33-26-14(13-9-35-21(22)24-13)17(29)25-15-18(30)27-16(20(31)32)12(8-34-19(15)27)5-4-11-3-2-6-23-7-11/h2-7,9,15,19H,8H2,1H3,(H2,22,24)(H,25,29)(H,31,32)/t15?,19-/m0/s1. The van der Waals surface area contributed by atoms with Gasteiger partial charge in [0.25, 0.3) is 11.8 Å². The highest BCUT2D eigenvalue weighted by molar-refractivity contribution is 8.00. The van der Waals surface area contributed by atoms with Crippen LogP contribution >= 0.6 is 23.1 Å². The lowest BCUT2D eigenvalue weighted by molar-refractivity contribution is -0.150. The molecular weight excluding hydrogens is 496 g/mol. The van der Waals surface area contributed by atoms with Gasteiger partial charge in [-0.3, -0.25) is 19.5 Å². The summed E-state index contributed by atoms with van der Waals surface area (Å²) in [6.45, 7) is 1.11. The lowest BCUT2D eigenvalue weighted by Gasteiger charge is -2.49. The molecule has 0 radical (unpaired) electrons. The Labute approximate surface area is 206 Å². The minimum Gasteiger partial charge on any atom is -0.477 e. The van der Waals surface area contributed by atoms with Gasteiger partial charge in [-0.05, 0) is 17.2 Å². The molecule has 2 aromatic heterocycles. The molecule has 2 atom stereocenters. The Balaban J connectivity index is 1.54. The molecule has 0 bridgehead atoms. The maximum Gasteiger partial charge on any atom is 0.352 e. The topological polar surface area (TPSA) is 177 Å². The fraction of sp³-hybridized carbons (Fsp3) is 0.190. The number of carboxylic acid groups (broad SMARTS) is 1. The van der Waals surface area contributed by atoms with E-state index in [-0.39, 0.29) is 22.2 Å². The van der Waals surface area contributed by atoms with Gasteiger partial charge in [0, 0.05) is 30.5 Å². The number of nitrogens with one attached hydrogen (secondary N) is 1. The van der Waals surface area contributed by atoms with E-state index < -0.39 is 35.2 Å². The molecular formula is C21H18N6O6S2. The van der Waals surface area contributed by atoms with E-state index in [1.165, 1.54) is 17.1 Å². The van der Waals surface area contributed by atoms with Crippen molar-refractivity contribution in [3.63, 3.8) is 0 Å². The van der Waals surface area contributed by atoms with Gasteiger partial charge in [0.2, 0.25) is 0 Å². The van der Waals surface area contributed by atoms with Gasteiger partial charge in [-0.1, -0.05) is 23.4 Å². The number of nitrogens with zero attached hydrogens (tertiary/aromatic N) is 4. The number of oxime groups is 1. The van der Waals surface area contributed by atoms with Crippen molar-refractivity contribution in [1.29, 1.82) is 0 Å². The van der Waals surface area contributed by atoms with Crippen LogP contribution in [0.1, 0.15) is 18.2 Å². The zero-order chi connectivity index (χ0) is 25.1. The molecule has 2 aliphatic heterocycles. The third kappa shape index (κ3) is 5.07. The van der Waals surface area contributed by atoms with E-state index in [0.29, 0.717) is 11.3 Å². The molecule has 4 heterocycles. The Bertz CT molecular complexity index is 1290. The van der Waals surface area contributed by atoms with Gasteiger partial charge in [-0.2, -0.15) is 0 Å². The number of pyridine rings is 1. The monoisotopic (exact) mass is 514 g/mol. The van der Waals surface area contributed by atoms with Crippen LogP contribution in [0.5, 0.6) is 0 Å². The molecule has 14 heteroatoms. The molecule has 35 heavy (non-hydrogen) atoms. The number of amides is 2. The number of aliphatic carboxylic acids is 1. The summed E-state index contributed by atoms with van der Waals surface area (Å²) in [6, 6.07) is 2.56. The van der Waals surface area contributed by atoms with Crippen LogP contribution in [0, 0.1) is 0 Å². The van der Waals surface area contributed by atoms with Gasteiger partial charge < -0.3 is 21.0 Å². The summed E-state index contributed by atoms with van der Waals surface area (Å²) in [6.07, 6.45) is 6.60. The van der Waals surface area contributed by atoms with Crippen molar-refractivity contribution in [3.8, 4) is 0 Å². The quantitative estimate of drug-likeness (QED) is 0.208. The third-order valence-corrected chi connectivity index (χ3v) is 6.87. The SMILES string of the molecule is CC(=O)ON=C(C(=O)NC1C(=O)N2C(C(=O)O)=C(C=Cc3cccnc3)CS[C@@H]12)c1csc(N)n1. The minimum atomic E-state index is -1.26. The van der Waals surface area contributed by atoms with E-state index in [9.17, 15) is 24.3 Å². The Morgan fingerprint density at radius 3 is 2.80 bits per heavy atom. The number of carboxylic acids is 1. The van der Waals surface area contributed by atoms with Crippen LogP contribution in [-0.2, 0) is 24.0 Å². The maximum atomic E-state index is 12.9. The number of nitrogen functional groups attached to an aromatic ring is 1. The predicted octanol–water partition coefficient (Wildman–Crippen LogP) is 0.839. The number of allylic oxidation sites excluding steroid dienone is 1. The van der Waals surface area contributed by atoms with E-state index in [1.54, 1.807) is 30.6 Å². The van der Waals surface area contributed by atoms with Crippen molar-refractivity contribution in [3.05, 3.63) is 58.5 Å². The van der Waals surface area contributed by atoms with Crippen LogP contribution in [-0.4, -0.2) is 66.6 Å². The first-order valence-corrected chi connectivity index (χ1v) is 12.0. The molecule has 0 spiro atoms. The second-order valence-electron chi connectivity index (χ2n) is 7.25.